The van der Waals surface area contributed by atoms with Crippen molar-refractivity contribution in [3.8, 4) is 0 Å². The number of likely N-dealkylation sites (tertiary alicyclic amines) is 1. The van der Waals surface area contributed by atoms with E-state index in [0.717, 1.165) is 13.1 Å². The molecule has 5 heteroatoms. The maximum atomic E-state index is 9.86. The lowest BCUT2D eigenvalue weighted by atomic mass is 9.98. The molecule has 2 heterocycles. The highest BCUT2D eigenvalue weighted by atomic mass is 32.1. The summed E-state index contributed by atoms with van der Waals surface area (Å²) in [5.41, 5.74) is 0. The van der Waals surface area contributed by atoms with Gasteiger partial charge in [0.2, 0.25) is 0 Å². The van der Waals surface area contributed by atoms with Crippen LogP contribution in [0.5, 0.6) is 0 Å². The third-order valence-electron chi connectivity index (χ3n) is 3.67. The van der Waals surface area contributed by atoms with Crippen molar-refractivity contribution >= 4 is 11.3 Å². The Bertz CT molecular complexity index is 359. The van der Waals surface area contributed by atoms with Crippen molar-refractivity contribution in [3.63, 3.8) is 0 Å². The molecule has 0 saturated carbocycles. The molecule has 2 N–H and O–H groups in total. The van der Waals surface area contributed by atoms with E-state index in [1.807, 2.05) is 11.4 Å². The molecular formula is C15H26N2O2S. The molecule has 1 aromatic rings. The van der Waals surface area contributed by atoms with Gasteiger partial charge in [0.1, 0.15) is 0 Å². The highest BCUT2D eigenvalue weighted by Gasteiger charge is 2.16. The zero-order chi connectivity index (χ0) is 14.2. The van der Waals surface area contributed by atoms with Gasteiger partial charge in [-0.25, -0.2) is 0 Å². The van der Waals surface area contributed by atoms with E-state index in [0.29, 0.717) is 25.7 Å². The van der Waals surface area contributed by atoms with Gasteiger partial charge in [0.25, 0.3) is 0 Å². The Morgan fingerprint density at radius 1 is 1.60 bits per heavy atom. The lowest BCUT2D eigenvalue weighted by molar-refractivity contribution is 0.0291. The molecule has 0 radical (unpaired) electrons. The third kappa shape index (κ3) is 5.89. The molecule has 1 saturated heterocycles. The van der Waals surface area contributed by atoms with Gasteiger partial charge in [-0.05, 0) is 50.3 Å². The standard InChI is InChI=1S/C15H26N2O2S/c1-17-6-2-4-13(10-17)8-16-9-14(18)11-19-12-15-5-3-7-20-15/h3,5,7,13-14,16,18H,2,4,6,8-12H2,1H3. The fourth-order valence-electron chi connectivity index (χ4n) is 2.64. The second kappa shape index (κ2) is 8.74. The molecule has 20 heavy (non-hydrogen) atoms. The number of hydrogen-bond acceptors (Lipinski definition) is 5. The summed E-state index contributed by atoms with van der Waals surface area (Å²) in [5.74, 6) is 0.716. The van der Waals surface area contributed by atoms with Gasteiger partial charge in [0.05, 0.1) is 19.3 Å². The zero-order valence-electron chi connectivity index (χ0n) is 12.3. The van der Waals surface area contributed by atoms with E-state index in [1.54, 1.807) is 11.3 Å². The first kappa shape index (κ1) is 15.9. The van der Waals surface area contributed by atoms with E-state index in [-0.39, 0.29) is 0 Å². The second-order valence-corrected chi connectivity index (χ2v) is 6.71. The number of aliphatic hydroxyl groups excluding tert-OH is 1. The molecular weight excluding hydrogens is 272 g/mol. The largest absolute Gasteiger partial charge is 0.389 e. The molecule has 0 spiro atoms. The zero-order valence-corrected chi connectivity index (χ0v) is 13.1. The van der Waals surface area contributed by atoms with Crippen molar-refractivity contribution in [3.05, 3.63) is 22.4 Å². The summed E-state index contributed by atoms with van der Waals surface area (Å²) in [4.78, 5) is 3.59. The Morgan fingerprint density at radius 3 is 3.25 bits per heavy atom. The van der Waals surface area contributed by atoms with Gasteiger partial charge in [-0.15, -0.1) is 11.3 Å². The summed E-state index contributed by atoms with van der Waals surface area (Å²) in [6.45, 7) is 4.99. The monoisotopic (exact) mass is 298 g/mol. The van der Waals surface area contributed by atoms with E-state index >= 15 is 0 Å². The molecule has 114 valence electrons. The van der Waals surface area contributed by atoms with Crippen LogP contribution in [0.3, 0.4) is 0 Å². The number of hydrogen-bond donors (Lipinski definition) is 2. The molecule has 2 rings (SSSR count). The van der Waals surface area contributed by atoms with Crippen LogP contribution in [0.4, 0.5) is 0 Å². The molecule has 0 aromatic carbocycles. The lowest BCUT2D eigenvalue weighted by Gasteiger charge is -2.30. The lowest BCUT2D eigenvalue weighted by Crippen LogP contribution is -2.39. The number of nitrogens with zero attached hydrogens (tertiary/aromatic N) is 1. The number of thiophene rings is 1. The Kier molecular flexibility index (Phi) is 6.96. The maximum absolute atomic E-state index is 9.86. The third-order valence-corrected chi connectivity index (χ3v) is 4.52. The minimum absolute atomic E-state index is 0.398. The van der Waals surface area contributed by atoms with Crippen LogP contribution in [0.2, 0.25) is 0 Å². The number of rotatable bonds is 8. The quantitative estimate of drug-likeness (QED) is 0.764. The van der Waals surface area contributed by atoms with Crippen LogP contribution >= 0.6 is 11.3 Å². The minimum atomic E-state index is -0.420. The van der Waals surface area contributed by atoms with Crippen LogP contribution in [0.15, 0.2) is 17.5 Å². The van der Waals surface area contributed by atoms with Gasteiger partial charge in [0.15, 0.2) is 0 Å². The van der Waals surface area contributed by atoms with Crippen molar-refractivity contribution < 1.29 is 9.84 Å². The summed E-state index contributed by atoms with van der Waals surface area (Å²) in [6.07, 6.45) is 2.16. The van der Waals surface area contributed by atoms with Crippen LogP contribution in [0.25, 0.3) is 0 Å². The molecule has 2 atom stereocenters. The van der Waals surface area contributed by atoms with Gasteiger partial charge in [-0.3, -0.25) is 0 Å². The van der Waals surface area contributed by atoms with Crippen LogP contribution < -0.4 is 5.32 Å². The second-order valence-electron chi connectivity index (χ2n) is 5.68. The molecule has 0 aliphatic carbocycles. The number of nitrogens with one attached hydrogen (secondary N) is 1. The van der Waals surface area contributed by atoms with Crippen molar-refractivity contribution in [2.75, 3.05) is 39.8 Å². The highest BCUT2D eigenvalue weighted by molar-refractivity contribution is 7.09. The molecule has 1 fully saturated rings. The Hall–Kier alpha value is -0.460. The first-order valence-electron chi connectivity index (χ1n) is 7.41. The first-order chi connectivity index (χ1) is 9.74. The van der Waals surface area contributed by atoms with Crippen LogP contribution in [0.1, 0.15) is 17.7 Å². The average molecular weight is 298 g/mol. The van der Waals surface area contributed by atoms with E-state index in [9.17, 15) is 5.11 Å². The minimum Gasteiger partial charge on any atom is -0.389 e. The first-order valence-corrected chi connectivity index (χ1v) is 8.29. The summed E-state index contributed by atoms with van der Waals surface area (Å²) in [7, 11) is 2.18. The number of ether oxygens (including phenoxy) is 1. The number of aliphatic hydroxyl groups is 1. The summed E-state index contributed by atoms with van der Waals surface area (Å²) >= 11 is 1.68. The normalized spacial score (nSPS) is 22.0. The maximum Gasteiger partial charge on any atom is 0.0897 e. The fraction of sp³-hybridized carbons (Fsp3) is 0.733. The molecule has 0 amide bonds. The van der Waals surface area contributed by atoms with Crippen molar-refractivity contribution in [2.45, 2.75) is 25.6 Å². The van der Waals surface area contributed by atoms with Gasteiger partial charge in [0, 0.05) is 18.0 Å². The summed E-state index contributed by atoms with van der Waals surface area (Å²) in [5, 5.41) is 15.3. The van der Waals surface area contributed by atoms with Crippen molar-refractivity contribution in [1.29, 1.82) is 0 Å². The molecule has 2 unspecified atom stereocenters. The van der Waals surface area contributed by atoms with E-state index < -0.39 is 6.10 Å². The van der Waals surface area contributed by atoms with E-state index in [2.05, 4.69) is 23.3 Å². The molecule has 1 aromatic heterocycles. The van der Waals surface area contributed by atoms with Crippen LogP contribution in [-0.2, 0) is 11.3 Å². The topological polar surface area (TPSA) is 44.7 Å². The fourth-order valence-corrected chi connectivity index (χ4v) is 3.28. The SMILES string of the molecule is CN1CCCC(CNCC(O)COCc2cccs2)C1. The molecule has 1 aliphatic heterocycles. The smallest absolute Gasteiger partial charge is 0.0897 e. The predicted molar refractivity (Wildman–Crippen MR) is 83.1 cm³/mol. The van der Waals surface area contributed by atoms with E-state index in [1.165, 1.54) is 24.3 Å². The van der Waals surface area contributed by atoms with Crippen LogP contribution in [-0.4, -0.2) is 55.9 Å². The van der Waals surface area contributed by atoms with Crippen molar-refractivity contribution in [2.24, 2.45) is 5.92 Å². The van der Waals surface area contributed by atoms with Gasteiger partial charge < -0.3 is 20.1 Å². The van der Waals surface area contributed by atoms with Gasteiger partial charge >= 0.3 is 0 Å². The predicted octanol–water partition coefficient (Wildman–Crippen LogP) is 1.56. The van der Waals surface area contributed by atoms with Gasteiger partial charge in [-0.2, -0.15) is 0 Å². The average Bonchev–Trinajstić information content (AvgIpc) is 2.92. The summed E-state index contributed by atoms with van der Waals surface area (Å²) < 4.78 is 5.51. The Labute approximate surface area is 125 Å². The molecule has 4 nitrogen and oxygen atoms in total. The van der Waals surface area contributed by atoms with Crippen molar-refractivity contribution in [1.82, 2.24) is 10.2 Å². The summed E-state index contributed by atoms with van der Waals surface area (Å²) in [6, 6.07) is 4.07. The Balaban J connectivity index is 1.50. The van der Waals surface area contributed by atoms with E-state index in [4.69, 9.17) is 4.74 Å². The Morgan fingerprint density at radius 2 is 2.50 bits per heavy atom. The highest BCUT2D eigenvalue weighted by Crippen LogP contribution is 2.13. The molecule has 1 aliphatic rings. The number of piperidine rings is 1. The van der Waals surface area contributed by atoms with Gasteiger partial charge in [-0.1, -0.05) is 6.07 Å². The molecule has 0 bridgehead atoms. The van der Waals surface area contributed by atoms with Crippen LogP contribution in [0, 0.1) is 5.92 Å².